The maximum absolute atomic E-state index is 11.6. The molecule has 1 rings (SSSR count). The van der Waals surface area contributed by atoms with Crippen LogP contribution in [0.4, 0.5) is 0 Å². The van der Waals surface area contributed by atoms with Gasteiger partial charge in [0.1, 0.15) is 5.75 Å². The van der Waals surface area contributed by atoms with Gasteiger partial charge in [-0.05, 0) is 37.6 Å². The zero-order valence-electron chi connectivity index (χ0n) is 11.3. The summed E-state index contributed by atoms with van der Waals surface area (Å²) in [6.07, 6.45) is 1.82. The third-order valence-electron chi connectivity index (χ3n) is 2.38. The molecule has 1 aromatic rings. The highest BCUT2D eigenvalue weighted by atomic mass is 16.5. The lowest BCUT2D eigenvalue weighted by Gasteiger charge is -2.06. The quantitative estimate of drug-likeness (QED) is 0.342. The lowest BCUT2D eigenvalue weighted by Crippen LogP contribution is -2.09. The minimum atomic E-state index is -0.488. The van der Waals surface area contributed by atoms with Crippen LogP contribution in [0.1, 0.15) is 37.0 Å². The summed E-state index contributed by atoms with van der Waals surface area (Å²) in [5, 5.41) is 0. The summed E-state index contributed by atoms with van der Waals surface area (Å²) < 4.78 is 10.1. The molecule has 0 heterocycles. The molecule has 19 heavy (non-hydrogen) atoms. The van der Waals surface area contributed by atoms with E-state index in [1.807, 2.05) is 6.92 Å². The smallest absolute Gasteiger partial charge is 0.338 e. The fraction of sp³-hybridized carbons (Fsp3) is 0.333. The molecule has 1 aromatic carbocycles. The Labute approximate surface area is 113 Å². The van der Waals surface area contributed by atoms with Crippen molar-refractivity contribution in [2.24, 2.45) is 0 Å². The molecule has 0 saturated carbocycles. The normalized spacial score (nSPS) is 9.79. The second-order valence-corrected chi connectivity index (χ2v) is 4.18. The summed E-state index contributed by atoms with van der Waals surface area (Å²) in [6.45, 7) is 7.51. The topological polar surface area (TPSA) is 52.6 Å². The fourth-order valence-electron chi connectivity index (χ4n) is 1.25. The Morgan fingerprint density at radius 1 is 1.21 bits per heavy atom. The summed E-state index contributed by atoms with van der Waals surface area (Å²) >= 11 is 0. The van der Waals surface area contributed by atoms with Crippen molar-refractivity contribution in [1.82, 2.24) is 0 Å². The van der Waals surface area contributed by atoms with Crippen LogP contribution in [0.25, 0.3) is 0 Å². The van der Waals surface area contributed by atoms with Crippen molar-refractivity contribution in [2.75, 3.05) is 6.61 Å². The Kier molecular flexibility index (Phi) is 5.79. The molecule has 0 saturated heterocycles. The molecular weight excluding hydrogens is 244 g/mol. The van der Waals surface area contributed by atoms with Crippen LogP contribution in [0.15, 0.2) is 36.4 Å². The number of unbranched alkanes of at least 4 members (excludes halogenated alkanes) is 1. The van der Waals surface area contributed by atoms with E-state index in [0.29, 0.717) is 23.5 Å². The van der Waals surface area contributed by atoms with E-state index in [1.54, 1.807) is 31.2 Å². The Hall–Kier alpha value is -2.10. The molecule has 0 aliphatic heterocycles. The van der Waals surface area contributed by atoms with Crippen LogP contribution in [0, 0.1) is 0 Å². The maximum atomic E-state index is 11.6. The Balaban J connectivity index is 2.58. The highest BCUT2D eigenvalue weighted by Crippen LogP contribution is 2.14. The van der Waals surface area contributed by atoms with Crippen LogP contribution < -0.4 is 4.74 Å². The highest BCUT2D eigenvalue weighted by Gasteiger charge is 2.09. The summed E-state index contributed by atoms with van der Waals surface area (Å²) in [6, 6.07) is 6.24. The van der Waals surface area contributed by atoms with E-state index in [4.69, 9.17) is 9.47 Å². The second-order valence-electron chi connectivity index (χ2n) is 4.18. The zero-order chi connectivity index (χ0) is 14.3. The molecule has 0 N–H and O–H groups in total. The first kappa shape index (κ1) is 15.0. The van der Waals surface area contributed by atoms with Crippen LogP contribution >= 0.6 is 0 Å². The minimum absolute atomic E-state index is 0.322. The monoisotopic (exact) mass is 262 g/mol. The third kappa shape index (κ3) is 4.95. The number of hydrogen-bond donors (Lipinski definition) is 0. The van der Waals surface area contributed by atoms with E-state index in [0.717, 1.165) is 12.8 Å². The molecule has 0 amide bonds. The molecule has 0 radical (unpaired) electrons. The zero-order valence-corrected chi connectivity index (χ0v) is 11.3. The van der Waals surface area contributed by atoms with Crippen molar-refractivity contribution in [3.8, 4) is 5.75 Å². The van der Waals surface area contributed by atoms with Gasteiger partial charge >= 0.3 is 11.9 Å². The summed E-state index contributed by atoms with van der Waals surface area (Å²) in [5.41, 5.74) is 0.759. The Bertz CT molecular complexity index is 460. The van der Waals surface area contributed by atoms with Crippen molar-refractivity contribution >= 4 is 11.9 Å². The molecule has 102 valence electrons. The molecule has 4 heteroatoms. The molecule has 0 aliphatic rings. The van der Waals surface area contributed by atoms with Crippen LogP contribution in [0.5, 0.6) is 5.75 Å². The molecule has 0 aliphatic carbocycles. The van der Waals surface area contributed by atoms with E-state index in [-0.39, 0.29) is 5.97 Å². The molecular formula is C15H18O4. The van der Waals surface area contributed by atoms with E-state index in [2.05, 4.69) is 6.58 Å². The minimum Gasteiger partial charge on any atom is -0.462 e. The summed E-state index contributed by atoms with van der Waals surface area (Å²) in [7, 11) is 0. The maximum Gasteiger partial charge on any atom is 0.338 e. The summed E-state index contributed by atoms with van der Waals surface area (Å²) in [4.78, 5) is 22.9. The van der Waals surface area contributed by atoms with E-state index < -0.39 is 5.97 Å². The van der Waals surface area contributed by atoms with Gasteiger partial charge in [-0.2, -0.15) is 0 Å². The van der Waals surface area contributed by atoms with Gasteiger partial charge in [0.05, 0.1) is 12.2 Å². The predicted octanol–water partition coefficient (Wildman–Crippen LogP) is 3.13. The van der Waals surface area contributed by atoms with Gasteiger partial charge in [0.15, 0.2) is 0 Å². The predicted molar refractivity (Wildman–Crippen MR) is 72.1 cm³/mol. The number of rotatable bonds is 6. The first-order chi connectivity index (χ1) is 9.04. The fourth-order valence-corrected chi connectivity index (χ4v) is 1.25. The largest absolute Gasteiger partial charge is 0.462 e. The van der Waals surface area contributed by atoms with Gasteiger partial charge < -0.3 is 9.47 Å². The highest BCUT2D eigenvalue weighted by molar-refractivity contribution is 5.90. The molecule has 4 nitrogen and oxygen atoms in total. The van der Waals surface area contributed by atoms with Gasteiger partial charge in [0, 0.05) is 5.57 Å². The second kappa shape index (κ2) is 7.36. The first-order valence-corrected chi connectivity index (χ1v) is 6.19. The Morgan fingerprint density at radius 3 is 2.37 bits per heavy atom. The van der Waals surface area contributed by atoms with Crippen LogP contribution in [-0.2, 0) is 9.53 Å². The van der Waals surface area contributed by atoms with Crippen molar-refractivity contribution in [2.45, 2.75) is 26.7 Å². The van der Waals surface area contributed by atoms with E-state index >= 15 is 0 Å². The van der Waals surface area contributed by atoms with Gasteiger partial charge in [0.25, 0.3) is 0 Å². The van der Waals surface area contributed by atoms with Crippen LogP contribution in [-0.4, -0.2) is 18.5 Å². The number of esters is 2. The SMILES string of the molecule is C=C(C)C(=O)Oc1ccc(C(=O)OCCCC)cc1. The average molecular weight is 262 g/mol. The van der Waals surface area contributed by atoms with Crippen LogP contribution in [0.2, 0.25) is 0 Å². The standard InChI is InChI=1S/C15H18O4/c1-4-5-10-18-15(17)12-6-8-13(9-7-12)19-14(16)11(2)3/h6-9H,2,4-5,10H2,1,3H3. The number of carbonyl (C=O) groups excluding carboxylic acids is 2. The van der Waals surface area contributed by atoms with E-state index in [9.17, 15) is 9.59 Å². The Morgan fingerprint density at radius 2 is 1.84 bits per heavy atom. The molecule has 0 fully saturated rings. The van der Waals surface area contributed by atoms with Gasteiger partial charge in [-0.25, -0.2) is 9.59 Å². The lowest BCUT2D eigenvalue weighted by molar-refractivity contribution is -0.130. The van der Waals surface area contributed by atoms with Gasteiger partial charge in [-0.1, -0.05) is 19.9 Å². The number of carbonyl (C=O) groups is 2. The lowest BCUT2D eigenvalue weighted by atomic mass is 10.2. The number of ether oxygens (including phenoxy) is 2. The van der Waals surface area contributed by atoms with E-state index in [1.165, 1.54) is 0 Å². The first-order valence-electron chi connectivity index (χ1n) is 6.19. The van der Waals surface area contributed by atoms with Gasteiger partial charge in [0.2, 0.25) is 0 Å². The molecule has 0 bridgehead atoms. The van der Waals surface area contributed by atoms with Crippen LogP contribution in [0.3, 0.4) is 0 Å². The average Bonchev–Trinajstić information content (AvgIpc) is 2.39. The van der Waals surface area contributed by atoms with Crippen molar-refractivity contribution in [1.29, 1.82) is 0 Å². The summed E-state index contributed by atoms with van der Waals surface area (Å²) in [5.74, 6) is -0.484. The number of benzene rings is 1. The molecule has 0 spiro atoms. The molecule has 0 unspecified atom stereocenters. The van der Waals surface area contributed by atoms with Crippen molar-refractivity contribution in [3.05, 3.63) is 42.0 Å². The van der Waals surface area contributed by atoms with Crippen molar-refractivity contribution in [3.63, 3.8) is 0 Å². The van der Waals surface area contributed by atoms with Gasteiger partial charge in [-0.3, -0.25) is 0 Å². The third-order valence-corrected chi connectivity index (χ3v) is 2.38. The number of hydrogen-bond acceptors (Lipinski definition) is 4. The van der Waals surface area contributed by atoms with Crippen molar-refractivity contribution < 1.29 is 19.1 Å². The molecule has 0 aromatic heterocycles. The molecule has 0 atom stereocenters. The van der Waals surface area contributed by atoms with Gasteiger partial charge in [-0.15, -0.1) is 0 Å².